The van der Waals surface area contributed by atoms with Gasteiger partial charge >= 0.3 is 5.97 Å². The smallest absolute Gasteiger partial charge is 0.306 e. The Bertz CT molecular complexity index is 904. The maximum absolute atomic E-state index is 13.1. The zero-order valence-electron chi connectivity index (χ0n) is 38.2. The van der Waals surface area contributed by atoms with Crippen LogP contribution in [0.25, 0.3) is 0 Å². The fourth-order valence-corrected chi connectivity index (χ4v) is 7.76. The fraction of sp³-hybridized carbons (Fsp3) is 0.882. The topological polar surface area (TPSA) is 95.9 Å². The van der Waals surface area contributed by atoms with Crippen molar-refractivity contribution >= 4 is 11.9 Å². The van der Waals surface area contributed by atoms with Crippen molar-refractivity contribution in [2.75, 3.05) is 6.61 Å². The second kappa shape index (κ2) is 45.4. The Morgan fingerprint density at radius 2 is 0.947 bits per heavy atom. The number of carbonyl (C=O) groups is 2. The van der Waals surface area contributed by atoms with E-state index in [0.717, 1.165) is 64.2 Å². The highest BCUT2D eigenvalue weighted by Gasteiger charge is 2.24. The third kappa shape index (κ3) is 40.9. The zero-order valence-corrected chi connectivity index (χ0v) is 38.2. The molecule has 0 fully saturated rings. The molecule has 0 aromatic carbocycles. The van der Waals surface area contributed by atoms with Crippen LogP contribution in [0.1, 0.15) is 265 Å². The molecule has 0 rings (SSSR count). The van der Waals surface area contributed by atoms with Gasteiger partial charge in [-0.1, -0.05) is 225 Å². The molecule has 336 valence electrons. The SMILES string of the molecule is CC/C=C/C/C=C/CCCCCCCCCC(=O)OC(CCCCCCCCC)CC(=O)NC(CO)C(O)CCCCCCCCCCCCCCCCCCC. The summed E-state index contributed by atoms with van der Waals surface area (Å²) in [7, 11) is 0. The summed E-state index contributed by atoms with van der Waals surface area (Å²) < 4.78 is 5.89. The summed E-state index contributed by atoms with van der Waals surface area (Å²) in [4.78, 5) is 26.0. The second-order valence-electron chi connectivity index (χ2n) is 17.2. The molecular formula is C51H97NO5. The number of amides is 1. The van der Waals surface area contributed by atoms with E-state index in [4.69, 9.17) is 4.74 Å². The third-order valence-corrected chi connectivity index (χ3v) is 11.5. The highest BCUT2D eigenvalue weighted by atomic mass is 16.5. The number of rotatable bonds is 45. The van der Waals surface area contributed by atoms with Gasteiger partial charge in [-0.2, -0.15) is 0 Å². The van der Waals surface area contributed by atoms with Crippen molar-refractivity contribution in [1.82, 2.24) is 5.32 Å². The first kappa shape index (κ1) is 55.3. The van der Waals surface area contributed by atoms with E-state index in [-0.39, 0.29) is 24.9 Å². The van der Waals surface area contributed by atoms with Crippen molar-refractivity contribution in [3.8, 4) is 0 Å². The van der Waals surface area contributed by atoms with Crippen LogP contribution in [0.2, 0.25) is 0 Å². The molecule has 6 nitrogen and oxygen atoms in total. The molecule has 0 aliphatic carbocycles. The van der Waals surface area contributed by atoms with Gasteiger partial charge in [-0.3, -0.25) is 9.59 Å². The molecule has 0 bridgehead atoms. The lowest BCUT2D eigenvalue weighted by atomic mass is 10.0. The van der Waals surface area contributed by atoms with Gasteiger partial charge in [-0.05, 0) is 51.4 Å². The van der Waals surface area contributed by atoms with Gasteiger partial charge in [0.1, 0.15) is 6.10 Å². The summed E-state index contributed by atoms with van der Waals surface area (Å²) in [6.45, 7) is 6.36. The molecule has 3 unspecified atom stereocenters. The first-order valence-corrected chi connectivity index (χ1v) is 25.1. The Morgan fingerprint density at radius 3 is 1.42 bits per heavy atom. The lowest BCUT2D eigenvalue weighted by molar-refractivity contribution is -0.151. The van der Waals surface area contributed by atoms with Gasteiger partial charge in [0.05, 0.1) is 25.2 Å². The molecule has 0 saturated carbocycles. The Hall–Kier alpha value is -1.66. The van der Waals surface area contributed by atoms with Gasteiger partial charge in [0.25, 0.3) is 0 Å². The van der Waals surface area contributed by atoms with Crippen LogP contribution in [0.3, 0.4) is 0 Å². The average Bonchev–Trinajstić information content (AvgIpc) is 3.20. The van der Waals surface area contributed by atoms with Gasteiger partial charge in [0, 0.05) is 6.42 Å². The summed E-state index contributed by atoms with van der Waals surface area (Å²) in [5.41, 5.74) is 0. The van der Waals surface area contributed by atoms with Crippen LogP contribution in [0.5, 0.6) is 0 Å². The van der Waals surface area contributed by atoms with Crippen LogP contribution < -0.4 is 5.32 Å². The van der Waals surface area contributed by atoms with Gasteiger partial charge in [0.2, 0.25) is 5.91 Å². The Morgan fingerprint density at radius 1 is 0.526 bits per heavy atom. The summed E-state index contributed by atoms with van der Waals surface area (Å²) in [6, 6.07) is -0.696. The van der Waals surface area contributed by atoms with Crippen molar-refractivity contribution in [3.05, 3.63) is 24.3 Å². The van der Waals surface area contributed by atoms with E-state index in [1.54, 1.807) is 0 Å². The molecule has 0 aromatic heterocycles. The minimum Gasteiger partial charge on any atom is -0.462 e. The van der Waals surface area contributed by atoms with Gasteiger partial charge in [-0.15, -0.1) is 0 Å². The minimum atomic E-state index is -0.783. The highest BCUT2D eigenvalue weighted by molar-refractivity contribution is 5.77. The molecule has 3 N–H and O–H groups in total. The van der Waals surface area contributed by atoms with E-state index >= 15 is 0 Å². The van der Waals surface area contributed by atoms with Crippen LogP contribution in [-0.4, -0.2) is 46.9 Å². The van der Waals surface area contributed by atoms with Gasteiger partial charge < -0.3 is 20.3 Å². The first-order valence-electron chi connectivity index (χ1n) is 25.1. The van der Waals surface area contributed by atoms with Crippen molar-refractivity contribution in [1.29, 1.82) is 0 Å². The van der Waals surface area contributed by atoms with E-state index in [1.807, 2.05) is 0 Å². The first-order chi connectivity index (χ1) is 28.0. The lowest BCUT2D eigenvalue weighted by Crippen LogP contribution is -2.46. The predicted octanol–water partition coefficient (Wildman–Crippen LogP) is 14.7. The van der Waals surface area contributed by atoms with Gasteiger partial charge in [0.15, 0.2) is 0 Å². The molecule has 0 aromatic rings. The maximum atomic E-state index is 13.1. The Kier molecular flexibility index (Phi) is 44.1. The molecule has 0 heterocycles. The van der Waals surface area contributed by atoms with Gasteiger partial charge in [-0.25, -0.2) is 0 Å². The van der Waals surface area contributed by atoms with Crippen LogP contribution in [0.4, 0.5) is 0 Å². The van der Waals surface area contributed by atoms with Crippen molar-refractivity contribution in [3.63, 3.8) is 0 Å². The number of unbranched alkanes of at least 4 members (excludes halogenated alkanes) is 29. The van der Waals surface area contributed by atoms with Crippen LogP contribution >= 0.6 is 0 Å². The van der Waals surface area contributed by atoms with Crippen molar-refractivity contribution < 1.29 is 24.5 Å². The molecule has 0 spiro atoms. The quantitative estimate of drug-likeness (QED) is 0.0324. The number of hydrogen-bond donors (Lipinski definition) is 3. The molecule has 1 amide bonds. The number of aliphatic hydroxyl groups is 2. The van der Waals surface area contributed by atoms with Crippen molar-refractivity contribution in [2.24, 2.45) is 0 Å². The molecule has 6 heteroatoms. The standard InChI is InChI=1S/C51H97NO5/c1-4-7-10-13-16-18-20-22-24-25-26-27-29-31-34-37-40-43-49(54)48(46-53)52-50(55)45-47(42-39-36-33-15-12-9-6-3)57-51(56)44-41-38-35-32-30-28-23-21-19-17-14-11-8-5-2/h8,11,17,19,47-49,53-54H,4-7,9-10,12-16,18,20-46H2,1-3H3,(H,52,55)/b11-8+,19-17+. The number of nitrogens with one attached hydrogen (secondary N) is 1. The molecule has 0 radical (unpaired) electrons. The van der Waals surface area contributed by atoms with E-state index in [0.29, 0.717) is 19.3 Å². The Labute approximate surface area is 354 Å². The third-order valence-electron chi connectivity index (χ3n) is 11.5. The number of carbonyl (C=O) groups excluding carboxylic acids is 2. The minimum absolute atomic E-state index is 0.0779. The monoisotopic (exact) mass is 804 g/mol. The second-order valence-corrected chi connectivity index (χ2v) is 17.2. The Balaban J connectivity index is 4.32. The number of allylic oxidation sites excluding steroid dienone is 4. The molecule has 0 aliphatic rings. The molecule has 57 heavy (non-hydrogen) atoms. The summed E-state index contributed by atoms with van der Waals surface area (Å²) >= 11 is 0. The highest BCUT2D eigenvalue weighted by Crippen LogP contribution is 2.18. The van der Waals surface area contributed by atoms with E-state index in [9.17, 15) is 19.8 Å². The maximum Gasteiger partial charge on any atom is 0.306 e. The lowest BCUT2D eigenvalue weighted by Gasteiger charge is -2.24. The van der Waals surface area contributed by atoms with E-state index in [2.05, 4.69) is 50.4 Å². The normalized spacial score (nSPS) is 13.4. The summed E-state index contributed by atoms with van der Waals surface area (Å²) in [5.74, 6) is -0.478. The zero-order chi connectivity index (χ0) is 41.7. The van der Waals surface area contributed by atoms with Crippen LogP contribution in [0.15, 0.2) is 24.3 Å². The van der Waals surface area contributed by atoms with E-state index < -0.39 is 18.2 Å². The van der Waals surface area contributed by atoms with E-state index in [1.165, 1.54) is 154 Å². The largest absolute Gasteiger partial charge is 0.462 e. The summed E-state index contributed by atoms with van der Waals surface area (Å²) in [5, 5.41) is 23.7. The number of ether oxygens (including phenoxy) is 1. The fourth-order valence-electron chi connectivity index (χ4n) is 7.76. The molecule has 0 saturated heterocycles. The van der Waals surface area contributed by atoms with Crippen LogP contribution in [0, 0.1) is 0 Å². The number of hydrogen-bond acceptors (Lipinski definition) is 5. The number of esters is 1. The predicted molar refractivity (Wildman–Crippen MR) is 246 cm³/mol. The molecular weight excluding hydrogens is 707 g/mol. The van der Waals surface area contributed by atoms with Crippen LogP contribution in [-0.2, 0) is 14.3 Å². The van der Waals surface area contributed by atoms with Crippen molar-refractivity contribution in [2.45, 2.75) is 283 Å². The average molecular weight is 804 g/mol. The number of aliphatic hydroxyl groups excluding tert-OH is 2. The summed E-state index contributed by atoms with van der Waals surface area (Å²) in [6.07, 6.45) is 51.1. The molecule has 3 atom stereocenters. The molecule has 0 aliphatic heterocycles.